The number of nitrogens with zero attached hydrogens (tertiary/aromatic N) is 5. The Morgan fingerprint density at radius 1 is 0.943 bits per heavy atom. The summed E-state index contributed by atoms with van der Waals surface area (Å²) in [7, 11) is -8.67. The first-order chi connectivity index (χ1) is 16.5. The van der Waals surface area contributed by atoms with Crippen molar-refractivity contribution in [2.24, 2.45) is 11.0 Å². The highest BCUT2D eigenvalue weighted by Crippen LogP contribution is 2.32. The number of pyridine rings is 1. The lowest BCUT2D eigenvalue weighted by Gasteiger charge is -2.28. The number of aliphatic hydroxyl groups is 1. The van der Waals surface area contributed by atoms with Crippen molar-refractivity contribution >= 4 is 30.8 Å². The lowest BCUT2D eigenvalue weighted by molar-refractivity contribution is 0.122. The summed E-state index contributed by atoms with van der Waals surface area (Å²) in [5.74, 6) is -0.127. The number of fused-ring (bicyclic) bond motifs is 1. The van der Waals surface area contributed by atoms with E-state index in [0.717, 1.165) is 4.31 Å². The minimum absolute atomic E-state index is 0.0204. The summed E-state index contributed by atoms with van der Waals surface area (Å²) in [4.78, 5) is 5.97. The van der Waals surface area contributed by atoms with Gasteiger partial charge in [-0.2, -0.15) is 4.31 Å². The first kappa shape index (κ1) is 26.6. The molecule has 10 nitrogen and oxygen atoms in total. The normalized spacial score (nSPS) is 14.1. The molecular weight excluding hydrogens is 490 g/mol. The van der Waals surface area contributed by atoms with Crippen LogP contribution in [0.5, 0.6) is 0 Å². The summed E-state index contributed by atoms with van der Waals surface area (Å²) < 4.78 is 56.1. The fraction of sp³-hybridized carbons (Fsp3) is 0.348. The van der Waals surface area contributed by atoms with Crippen molar-refractivity contribution in [3.63, 3.8) is 0 Å². The molecule has 1 aromatic heterocycles. The van der Waals surface area contributed by atoms with Crippen molar-refractivity contribution in [3.8, 4) is 0 Å². The van der Waals surface area contributed by atoms with Crippen molar-refractivity contribution in [1.82, 2.24) is 9.29 Å². The van der Waals surface area contributed by atoms with Gasteiger partial charge in [-0.05, 0) is 35.7 Å². The maximum atomic E-state index is 13.8. The Balaban J connectivity index is 2.15. The summed E-state index contributed by atoms with van der Waals surface area (Å²) in [6, 6.07) is 12.6. The van der Waals surface area contributed by atoms with Crippen LogP contribution in [0.4, 0.5) is 0 Å². The van der Waals surface area contributed by atoms with Gasteiger partial charge in [0.25, 0.3) is 0 Å². The first-order valence-corrected chi connectivity index (χ1v) is 13.8. The summed E-state index contributed by atoms with van der Waals surface area (Å²) in [5.41, 5.74) is 8.89. The lowest BCUT2D eigenvalue weighted by atomic mass is 10.2. The fourth-order valence-corrected chi connectivity index (χ4v) is 7.48. The maximum Gasteiger partial charge on any atom is 0.244 e. The minimum atomic E-state index is -4.38. The van der Waals surface area contributed by atoms with Gasteiger partial charge in [0.2, 0.25) is 19.9 Å². The molecule has 35 heavy (non-hydrogen) atoms. The minimum Gasteiger partial charge on any atom is -0.391 e. The topological polar surface area (TPSA) is 153 Å². The number of hydrogen-bond donors (Lipinski definition) is 1. The Bertz CT molecular complexity index is 1460. The van der Waals surface area contributed by atoms with Gasteiger partial charge in [0.15, 0.2) is 0 Å². The molecule has 3 rings (SSSR count). The van der Waals surface area contributed by atoms with E-state index in [1.807, 2.05) is 0 Å². The van der Waals surface area contributed by atoms with Crippen molar-refractivity contribution < 1.29 is 21.9 Å². The van der Waals surface area contributed by atoms with Crippen molar-refractivity contribution in [2.45, 2.75) is 47.6 Å². The molecule has 0 spiro atoms. The van der Waals surface area contributed by atoms with E-state index < -0.39 is 36.9 Å². The van der Waals surface area contributed by atoms with Crippen LogP contribution in [0.2, 0.25) is 0 Å². The molecule has 0 saturated carbocycles. The van der Waals surface area contributed by atoms with Crippen molar-refractivity contribution in [1.29, 1.82) is 0 Å². The highest BCUT2D eigenvalue weighted by molar-refractivity contribution is 7.93. The van der Waals surface area contributed by atoms with Crippen molar-refractivity contribution in [3.05, 3.63) is 71.2 Å². The molecule has 1 N–H and O–H groups in total. The molecule has 0 amide bonds. The van der Waals surface area contributed by atoms with Gasteiger partial charge in [0.05, 0.1) is 27.5 Å². The van der Waals surface area contributed by atoms with Gasteiger partial charge in [-0.1, -0.05) is 56.2 Å². The average molecular weight is 518 g/mol. The van der Waals surface area contributed by atoms with E-state index >= 15 is 0 Å². The third kappa shape index (κ3) is 5.63. The zero-order chi connectivity index (χ0) is 25.8. The Morgan fingerprint density at radius 2 is 1.57 bits per heavy atom. The number of sulfonamides is 1. The zero-order valence-electron chi connectivity index (χ0n) is 19.6. The quantitative estimate of drug-likeness (QED) is 0.245. The number of para-hydroxylation sites is 1. The first-order valence-electron chi connectivity index (χ1n) is 10.9. The van der Waals surface area contributed by atoms with Crippen LogP contribution in [-0.2, 0) is 19.9 Å². The summed E-state index contributed by atoms with van der Waals surface area (Å²) in [5, 5.41) is 14.5. The molecule has 2 atom stereocenters. The molecule has 3 aromatic rings. The third-order valence-corrected chi connectivity index (χ3v) is 9.25. The van der Waals surface area contributed by atoms with Gasteiger partial charge in [-0.25, -0.2) is 16.8 Å². The van der Waals surface area contributed by atoms with Crippen LogP contribution in [0.3, 0.4) is 0 Å². The number of aromatic nitrogens is 1. The molecular formula is C23H27N5O5S2. The average Bonchev–Trinajstić information content (AvgIpc) is 2.83. The number of rotatable bonds is 10. The summed E-state index contributed by atoms with van der Waals surface area (Å²) in [6.07, 6.45) is 0.186. The highest BCUT2D eigenvalue weighted by Gasteiger charge is 2.34. The molecule has 1 heterocycles. The van der Waals surface area contributed by atoms with Gasteiger partial charge in [-0.15, -0.1) is 0 Å². The molecule has 0 aliphatic heterocycles. The molecule has 12 heteroatoms. The van der Waals surface area contributed by atoms with E-state index in [9.17, 15) is 21.9 Å². The predicted molar refractivity (Wildman–Crippen MR) is 132 cm³/mol. The number of sulfone groups is 1. The van der Waals surface area contributed by atoms with E-state index in [2.05, 4.69) is 15.0 Å². The Hall–Kier alpha value is -3.02. The lowest BCUT2D eigenvalue weighted by Crippen LogP contribution is -2.43. The van der Waals surface area contributed by atoms with E-state index in [4.69, 9.17) is 5.53 Å². The van der Waals surface area contributed by atoms with E-state index in [1.54, 1.807) is 38.1 Å². The van der Waals surface area contributed by atoms with Gasteiger partial charge in [-0.3, -0.25) is 4.98 Å². The van der Waals surface area contributed by atoms with Crippen LogP contribution in [0, 0.1) is 5.92 Å². The molecule has 0 radical (unpaired) electrons. The van der Waals surface area contributed by atoms with E-state index in [0.29, 0.717) is 5.39 Å². The summed E-state index contributed by atoms with van der Waals surface area (Å²) >= 11 is 0. The van der Waals surface area contributed by atoms with E-state index in [-0.39, 0.29) is 34.3 Å². The second-order valence-electron chi connectivity index (χ2n) is 8.51. The van der Waals surface area contributed by atoms with Crippen LogP contribution in [0.1, 0.15) is 20.8 Å². The molecule has 0 saturated heterocycles. The maximum absolute atomic E-state index is 13.8. The molecule has 0 aliphatic carbocycles. The third-order valence-electron chi connectivity index (χ3n) is 5.39. The predicted octanol–water partition coefficient (Wildman–Crippen LogP) is 3.77. The van der Waals surface area contributed by atoms with Crippen LogP contribution < -0.4 is 0 Å². The molecule has 1 unspecified atom stereocenters. The van der Waals surface area contributed by atoms with Gasteiger partial charge < -0.3 is 5.11 Å². The van der Waals surface area contributed by atoms with Crippen LogP contribution >= 0.6 is 0 Å². The SMILES string of the molecule is CC(C)CN(CC(O)[C@H](C)N=[N+]=[N-])S(=O)(=O)c1ccccc1S(=O)(=O)c1cccc2cccnc12. The molecule has 0 fully saturated rings. The molecule has 0 aliphatic rings. The summed E-state index contributed by atoms with van der Waals surface area (Å²) in [6.45, 7) is 4.72. The Kier molecular flexibility index (Phi) is 8.14. The molecule has 2 aromatic carbocycles. The number of aliphatic hydroxyl groups excluding tert-OH is 1. The molecule has 0 bridgehead atoms. The Morgan fingerprint density at radius 3 is 2.23 bits per heavy atom. The smallest absolute Gasteiger partial charge is 0.244 e. The second-order valence-corrected chi connectivity index (χ2v) is 12.3. The largest absolute Gasteiger partial charge is 0.391 e. The van der Waals surface area contributed by atoms with Crippen molar-refractivity contribution in [2.75, 3.05) is 13.1 Å². The standard InChI is InChI=1S/C23H27N5O5S2/c1-16(2)14-28(15-19(29)17(3)26-27-24)35(32,33)21-11-5-4-10-20(21)34(30,31)22-12-6-8-18-9-7-13-25-23(18)22/h4-13,16-17,19,29H,14-15H2,1-3H3/t17-,19?/m0/s1. The monoisotopic (exact) mass is 517 g/mol. The second kappa shape index (κ2) is 10.7. The fourth-order valence-electron chi connectivity index (χ4n) is 3.63. The number of benzene rings is 2. The van der Waals surface area contributed by atoms with Crippen LogP contribution in [0.25, 0.3) is 21.3 Å². The number of hydrogen-bond acceptors (Lipinski definition) is 7. The van der Waals surface area contributed by atoms with E-state index in [1.165, 1.54) is 43.5 Å². The number of azide groups is 1. The Labute approximate surface area is 204 Å². The molecule has 186 valence electrons. The van der Waals surface area contributed by atoms with Crippen LogP contribution in [-0.4, -0.2) is 56.5 Å². The van der Waals surface area contributed by atoms with Gasteiger partial charge >= 0.3 is 0 Å². The van der Waals surface area contributed by atoms with Gasteiger partial charge in [0, 0.05) is 29.6 Å². The zero-order valence-corrected chi connectivity index (χ0v) is 21.2. The van der Waals surface area contributed by atoms with Gasteiger partial charge in [0.1, 0.15) is 4.90 Å². The van der Waals surface area contributed by atoms with Crippen LogP contribution in [0.15, 0.2) is 80.6 Å². The highest BCUT2D eigenvalue weighted by atomic mass is 32.2.